The first-order chi connectivity index (χ1) is 17.2. The monoisotopic (exact) mass is 489 g/mol. The molecule has 190 valence electrons. The minimum absolute atomic E-state index is 0.0456. The summed E-state index contributed by atoms with van der Waals surface area (Å²) in [6.45, 7) is 3.98. The highest BCUT2D eigenvalue weighted by Crippen LogP contribution is 2.57. The number of aryl methyl sites for hydroxylation is 2. The van der Waals surface area contributed by atoms with Gasteiger partial charge in [-0.1, -0.05) is 12.1 Å². The molecule has 36 heavy (non-hydrogen) atoms. The van der Waals surface area contributed by atoms with Crippen molar-refractivity contribution in [2.75, 3.05) is 6.54 Å². The molecule has 4 aliphatic carbocycles. The van der Waals surface area contributed by atoms with Gasteiger partial charge in [0, 0.05) is 35.9 Å². The normalized spacial score (nSPS) is 27.9. The van der Waals surface area contributed by atoms with Crippen molar-refractivity contribution in [2.45, 2.75) is 76.3 Å². The van der Waals surface area contributed by atoms with Gasteiger partial charge in [0.15, 0.2) is 0 Å². The van der Waals surface area contributed by atoms with Gasteiger partial charge in [-0.25, -0.2) is 9.97 Å². The average Bonchev–Trinajstić information content (AvgIpc) is 2.80. The lowest BCUT2D eigenvalue weighted by molar-refractivity contribution is -0.118. The standard InChI is InChI=1S/C28H35N5O3/c1-18-6-3-9-23(30-18)25(35)32-27-13-20-12-21(14-27)16-28(15-20,17-27)33-26(36)24-10-4-7-22(31-24)8-5-11-29-19(2)34/h3-4,6-7,9-10,20-21H,5,8,11-17H2,1-2H3,(H,29,34)(H,32,35)(H,33,36). The number of carbonyl (C=O) groups is 3. The Morgan fingerprint density at radius 2 is 1.47 bits per heavy atom. The zero-order valence-corrected chi connectivity index (χ0v) is 21.1. The highest BCUT2D eigenvalue weighted by atomic mass is 16.2. The minimum atomic E-state index is -0.322. The Bertz CT molecular complexity index is 1170. The van der Waals surface area contributed by atoms with Crippen LogP contribution in [0.5, 0.6) is 0 Å². The summed E-state index contributed by atoms with van der Waals surface area (Å²) in [6, 6.07) is 11.0. The van der Waals surface area contributed by atoms with E-state index in [4.69, 9.17) is 0 Å². The van der Waals surface area contributed by atoms with Gasteiger partial charge in [-0.2, -0.15) is 0 Å². The smallest absolute Gasteiger partial charge is 0.270 e. The number of nitrogens with one attached hydrogen (secondary N) is 3. The van der Waals surface area contributed by atoms with Gasteiger partial charge in [-0.15, -0.1) is 0 Å². The van der Waals surface area contributed by atoms with Crippen molar-refractivity contribution in [3.8, 4) is 0 Å². The van der Waals surface area contributed by atoms with E-state index >= 15 is 0 Å². The maximum Gasteiger partial charge on any atom is 0.270 e. The molecular weight excluding hydrogens is 454 g/mol. The molecule has 4 saturated carbocycles. The van der Waals surface area contributed by atoms with Gasteiger partial charge in [0.2, 0.25) is 5.91 Å². The lowest BCUT2D eigenvalue weighted by Crippen LogP contribution is -2.70. The molecular formula is C28H35N5O3. The van der Waals surface area contributed by atoms with E-state index in [1.54, 1.807) is 12.1 Å². The third-order valence-corrected chi connectivity index (χ3v) is 7.96. The minimum Gasteiger partial charge on any atom is -0.356 e. The number of rotatable bonds is 8. The first-order valence-corrected chi connectivity index (χ1v) is 13.0. The van der Waals surface area contributed by atoms with Crippen molar-refractivity contribution in [3.05, 3.63) is 59.2 Å². The van der Waals surface area contributed by atoms with E-state index in [0.29, 0.717) is 36.2 Å². The van der Waals surface area contributed by atoms with Gasteiger partial charge in [0.25, 0.3) is 11.8 Å². The van der Waals surface area contributed by atoms with E-state index in [-0.39, 0.29) is 28.8 Å². The molecule has 2 unspecified atom stereocenters. The maximum atomic E-state index is 13.4. The number of pyridine rings is 2. The Hall–Kier alpha value is -3.29. The van der Waals surface area contributed by atoms with Crippen molar-refractivity contribution < 1.29 is 14.4 Å². The van der Waals surface area contributed by atoms with Crippen LogP contribution in [-0.4, -0.2) is 45.3 Å². The van der Waals surface area contributed by atoms with Crippen LogP contribution < -0.4 is 16.0 Å². The van der Waals surface area contributed by atoms with Gasteiger partial charge in [-0.3, -0.25) is 14.4 Å². The Morgan fingerprint density at radius 1 is 0.889 bits per heavy atom. The fourth-order valence-corrected chi connectivity index (χ4v) is 7.11. The first-order valence-electron chi connectivity index (χ1n) is 13.0. The van der Waals surface area contributed by atoms with Crippen molar-refractivity contribution in [1.29, 1.82) is 0 Å². The number of amides is 3. The number of hydrogen-bond acceptors (Lipinski definition) is 5. The zero-order valence-electron chi connectivity index (χ0n) is 21.1. The number of aromatic nitrogens is 2. The molecule has 2 heterocycles. The van der Waals surface area contributed by atoms with Gasteiger partial charge < -0.3 is 16.0 Å². The van der Waals surface area contributed by atoms with Crippen LogP contribution in [0.4, 0.5) is 0 Å². The molecule has 0 aromatic carbocycles. The quantitative estimate of drug-likeness (QED) is 0.493. The second-order valence-electron chi connectivity index (χ2n) is 11.2. The van der Waals surface area contributed by atoms with Crippen LogP contribution in [0.3, 0.4) is 0 Å². The molecule has 4 aliphatic rings. The van der Waals surface area contributed by atoms with Crippen LogP contribution in [0.1, 0.15) is 84.2 Å². The lowest BCUT2D eigenvalue weighted by atomic mass is 9.49. The lowest BCUT2D eigenvalue weighted by Gasteiger charge is -2.62. The molecule has 0 aliphatic heterocycles. The fraction of sp³-hybridized carbons (Fsp3) is 0.536. The predicted octanol–water partition coefficient (Wildman–Crippen LogP) is 3.10. The van der Waals surface area contributed by atoms with Crippen LogP contribution in [0, 0.1) is 18.8 Å². The van der Waals surface area contributed by atoms with Crippen LogP contribution in [0.25, 0.3) is 0 Å². The number of hydrogen-bond donors (Lipinski definition) is 3. The summed E-state index contributed by atoms with van der Waals surface area (Å²) in [5.74, 6) is 0.657. The highest BCUT2D eigenvalue weighted by Gasteiger charge is 2.58. The molecule has 8 heteroatoms. The Kier molecular flexibility index (Phi) is 6.53. The molecule has 0 saturated heterocycles. The summed E-state index contributed by atoms with van der Waals surface area (Å²) >= 11 is 0. The fourth-order valence-electron chi connectivity index (χ4n) is 7.11. The Balaban J connectivity index is 1.28. The molecule has 2 atom stereocenters. The third-order valence-electron chi connectivity index (χ3n) is 7.96. The summed E-state index contributed by atoms with van der Waals surface area (Å²) < 4.78 is 0. The molecule has 6 rings (SSSR count). The summed E-state index contributed by atoms with van der Waals surface area (Å²) in [6.07, 6.45) is 7.19. The average molecular weight is 490 g/mol. The molecule has 4 fully saturated rings. The third kappa shape index (κ3) is 5.27. The van der Waals surface area contributed by atoms with E-state index in [2.05, 4.69) is 25.9 Å². The van der Waals surface area contributed by atoms with E-state index in [0.717, 1.165) is 49.9 Å². The van der Waals surface area contributed by atoms with Crippen molar-refractivity contribution >= 4 is 17.7 Å². The van der Waals surface area contributed by atoms with E-state index < -0.39 is 0 Å². The molecule has 0 radical (unpaired) electrons. The summed E-state index contributed by atoms with van der Waals surface area (Å²) in [5, 5.41) is 9.51. The summed E-state index contributed by atoms with van der Waals surface area (Å²) in [5.41, 5.74) is 1.90. The van der Waals surface area contributed by atoms with Crippen molar-refractivity contribution in [2.24, 2.45) is 11.8 Å². The molecule has 3 amide bonds. The predicted molar refractivity (Wildman–Crippen MR) is 135 cm³/mol. The molecule has 2 aromatic rings. The number of nitrogens with zero attached hydrogens (tertiary/aromatic N) is 2. The largest absolute Gasteiger partial charge is 0.356 e. The van der Waals surface area contributed by atoms with Crippen LogP contribution in [-0.2, 0) is 11.2 Å². The van der Waals surface area contributed by atoms with E-state index in [9.17, 15) is 14.4 Å². The van der Waals surface area contributed by atoms with Crippen LogP contribution in [0.15, 0.2) is 36.4 Å². The molecule has 3 N–H and O–H groups in total. The summed E-state index contributed by atoms with van der Waals surface area (Å²) in [4.78, 5) is 46.5. The van der Waals surface area contributed by atoms with E-state index in [1.807, 2.05) is 31.2 Å². The van der Waals surface area contributed by atoms with Crippen LogP contribution >= 0.6 is 0 Å². The molecule has 2 aromatic heterocycles. The SMILES string of the molecule is CC(=O)NCCCc1cccc(C(=O)NC23CC4CC(CC(NC(=O)c5cccc(C)n5)(C4)C2)C3)n1. The molecule has 4 bridgehead atoms. The topological polar surface area (TPSA) is 113 Å². The summed E-state index contributed by atoms with van der Waals surface area (Å²) in [7, 11) is 0. The highest BCUT2D eigenvalue weighted by molar-refractivity contribution is 5.93. The van der Waals surface area contributed by atoms with Gasteiger partial charge in [0.05, 0.1) is 0 Å². The Morgan fingerprint density at radius 3 is 2.06 bits per heavy atom. The van der Waals surface area contributed by atoms with E-state index in [1.165, 1.54) is 13.3 Å². The van der Waals surface area contributed by atoms with Crippen molar-refractivity contribution in [3.63, 3.8) is 0 Å². The second kappa shape index (κ2) is 9.64. The second-order valence-corrected chi connectivity index (χ2v) is 11.2. The van der Waals surface area contributed by atoms with Crippen LogP contribution in [0.2, 0.25) is 0 Å². The first kappa shape index (κ1) is 24.4. The zero-order chi connectivity index (χ0) is 25.3. The molecule has 0 spiro atoms. The molecule has 8 nitrogen and oxygen atoms in total. The van der Waals surface area contributed by atoms with Crippen molar-refractivity contribution in [1.82, 2.24) is 25.9 Å². The maximum absolute atomic E-state index is 13.4. The van der Waals surface area contributed by atoms with Gasteiger partial charge in [0.1, 0.15) is 11.4 Å². The Labute approximate surface area is 212 Å². The van der Waals surface area contributed by atoms with Gasteiger partial charge in [-0.05, 0) is 94.4 Å². The van der Waals surface area contributed by atoms with Gasteiger partial charge >= 0.3 is 0 Å². The number of carbonyl (C=O) groups excluding carboxylic acids is 3.